The van der Waals surface area contributed by atoms with Crippen molar-refractivity contribution in [2.45, 2.75) is 40.2 Å². The molecule has 1 N–H and O–H groups in total. The van der Waals surface area contributed by atoms with E-state index in [4.69, 9.17) is 0 Å². The highest BCUT2D eigenvalue weighted by molar-refractivity contribution is 7.19. The molecule has 0 saturated carbocycles. The summed E-state index contributed by atoms with van der Waals surface area (Å²) >= 11 is 1.41. The van der Waals surface area contributed by atoms with E-state index in [1.807, 2.05) is 32.9 Å². The van der Waals surface area contributed by atoms with Gasteiger partial charge in [-0.2, -0.15) is 0 Å². The van der Waals surface area contributed by atoms with Crippen LogP contribution in [0, 0.1) is 20.8 Å². The lowest BCUT2D eigenvalue weighted by atomic mass is 9.99. The molecule has 0 bridgehead atoms. The Morgan fingerprint density at radius 2 is 1.93 bits per heavy atom. The van der Waals surface area contributed by atoms with E-state index in [2.05, 4.69) is 15.8 Å². The number of aryl methyl sites for hydroxylation is 3. The molecule has 27 heavy (non-hydrogen) atoms. The standard InChI is InChI=1S/C20H22N2O4S/c1-11-7-8-14(10-12(11)2)16-13(3)27-18-17(16)19(24)22(20(25)21-18)9-5-6-15(23)26-4/h7-8,10H,5-6,9H2,1-4H3,(H,21,25). The minimum Gasteiger partial charge on any atom is -0.469 e. The molecular formula is C20H22N2O4S. The molecule has 0 amide bonds. The van der Waals surface area contributed by atoms with Gasteiger partial charge >= 0.3 is 11.7 Å². The first-order chi connectivity index (χ1) is 12.8. The first-order valence-electron chi connectivity index (χ1n) is 8.74. The molecule has 142 valence electrons. The predicted octanol–water partition coefficient (Wildman–Crippen LogP) is 3.30. The van der Waals surface area contributed by atoms with Gasteiger partial charge in [0.05, 0.1) is 12.5 Å². The lowest BCUT2D eigenvalue weighted by molar-refractivity contribution is -0.140. The minimum absolute atomic E-state index is 0.160. The van der Waals surface area contributed by atoms with Crippen molar-refractivity contribution in [1.82, 2.24) is 9.55 Å². The fourth-order valence-corrected chi connectivity index (χ4v) is 4.22. The van der Waals surface area contributed by atoms with Gasteiger partial charge in [-0.25, -0.2) is 4.79 Å². The van der Waals surface area contributed by atoms with Crippen molar-refractivity contribution in [1.29, 1.82) is 0 Å². The Hall–Kier alpha value is -2.67. The number of aromatic amines is 1. The third-order valence-corrected chi connectivity index (χ3v) is 5.82. The third kappa shape index (κ3) is 3.60. The molecule has 3 aromatic rings. The van der Waals surface area contributed by atoms with Crippen molar-refractivity contribution in [3.8, 4) is 11.1 Å². The monoisotopic (exact) mass is 386 g/mol. The molecule has 0 saturated heterocycles. The van der Waals surface area contributed by atoms with E-state index in [-0.39, 0.29) is 24.5 Å². The number of hydrogen-bond donors (Lipinski definition) is 1. The number of methoxy groups -OCH3 is 1. The van der Waals surface area contributed by atoms with Crippen LogP contribution in [0.2, 0.25) is 0 Å². The summed E-state index contributed by atoms with van der Waals surface area (Å²) in [5.41, 5.74) is 3.38. The van der Waals surface area contributed by atoms with Gasteiger partial charge in [0, 0.05) is 23.4 Å². The van der Waals surface area contributed by atoms with Gasteiger partial charge in [-0.1, -0.05) is 18.2 Å². The molecule has 2 aromatic heterocycles. The van der Waals surface area contributed by atoms with Crippen LogP contribution in [0.3, 0.4) is 0 Å². The topological polar surface area (TPSA) is 81.2 Å². The maximum atomic E-state index is 13.1. The van der Waals surface area contributed by atoms with E-state index < -0.39 is 5.69 Å². The average Bonchev–Trinajstić information content (AvgIpc) is 2.95. The van der Waals surface area contributed by atoms with Gasteiger partial charge in [-0.3, -0.25) is 19.1 Å². The second-order valence-corrected chi connectivity index (χ2v) is 7.83. The van der Waals surface area contributed by atoms with Gasteiger partial charge in [0.15, 0.2) is 0 Å². The molecule has 0 aliphatic heterocycles. The van der Waals surface area contributed by atoms with E-state index in [1.54, 1.807) is 0 Å². The summed E-state index contributed by atoms with van der Waals surface area (Å²) in [6, 6.07) is 6.10. The van der Waals surface area contributed by atoms with Crippen molar-refractivity contribution < 1.29 is 9.53 Å². The number of esters is 1. The molecule has 0 aliphatic rings. The van der Waals surface area contributed by atoms with Crippen LogP contribution in [0.1, 0.15) is 28.8 Å². The van der Waals surface area contributed by atoms with Gasteiger partial charge in [-0.15, -0.1) is 11.3 Å². The Bertz CT molecular complexity index is 1140. The molecule has 0 atom stereocenters. The lowest BCUT2D eigenvalue weighted by Gasteiger charge is -2.08. The molecule has 0 aliphatic carbocycles. The lowest BCUT2D eigenvalue weighted by Crippen LogP contribution is -2.35. The Labute approximate surface area is 160 Å². The summed E-state index contributed by atoms with van der Waals surface area (Å²) in [6.45, 7) is 6.20. The molecule has 0 unspecified atom stereocenters. The number of ether oxygens (including phenoxy) is 1. The average molecular weight is 386 g/mol. The number of H-pyrrole nitrogens is 1. The molecule has 0 spiro atoms. The number of carbonyl (C=O) groups excluding carboxylic acids is 1. The largest absolute Gasteiger partial charge is 0.469 e. The number of rotatable bonds is 5. The summed E-state index contributed by atoms with van der Waals surface area (Å²) in [5.74, 6) is -0.359. The van der Waals surface area contributed by atoms with Crippen molar-refractivity contribution >= 4 is 27.5 Å². The minimum atomic E-state index is -0.453. The van der Waals surface area contributed by atoms with E-state index in [1.165, 1.54) is 28.6 Å². The zero-order valence-corrected chi connectivity index (χ0v) is 16.7. The highest BCUT2D eigenvalue weighted by atomic mass is 32.1. The van der Waals surface area contributed by atoms with Gasteiger partial charge < -0.3 is 4.74 Å². The molecule has 1 aromatic carbocycles. The summed E-state index contributed by atoms with van der Waals surface area (Å²) in [7, 11) is 1.32. The zero-order chi connectivity index (χ0) is 19.7. The maximum Gasteiger partial charge on any atom is 0.329 e. The van der Waals surface area contributed by atoms with Crippen LogP contribution in [0.5, 0.6) is 0 Å². The van der Waals surface area contributed by atoms with E-state index >= 15 is 0 Å². The highest BCUT2D eigenvalue weighted by Gasteiger charge is 2.18. The van der Waals surface area contributed by atoms with Gasteiger partial charge in [0.1, 0.15) is 4.83 Å². The van der Waals surface area contributed by atoms with Crippen LogP contribution in [-0.4, -0.2) is 22.6 Å². The fraction of sp³-hybridized carbons (Fsp3) is 0.350. The van der Waals surface area contributed by atoms with Crippen LogP contribution in [0.25, 0.3) is 21.3 Å². The van der Waals surface area contributed by atoms with Crippen LogP contribution >= 0.6 is 11.3 Å². The van der Waals surface area contributed by atoms with E-state index in [0.717, 1.165) is 21.6 Å². The molecule has 6 nitrogen and oxygen atoms in total. The smallest absolute Gasteiger partial charge is 0.329 e. The predicted molar refractivity (Wildman–Crippen MR) is 108 cm³/mol. The number of hydrogen-bond acceptors (Lipinski definition) is 5. The van der Waals surface area contributed by atoms with Crippen molar-refractivity contribution in [3.63, 3.8) is 0 Å². The van der Waals surface area contributed by atoms with Crippen molar-refractivity contribution in [2.24, 2.45) is 0 Å². The van der Waals surface area contributed by atoms with Crippen LogP contribution in [0.15, 0.2) is 27.8 Å². The third-order valence-electron chi connectivity index (χ3n) is 4.79. The second kappa shape index (κ2) is 7.52. The van der Waals surface area contributed by atoms with Crippen molar-refractivity contribution in [2.75, 3.05) is 7.11 Å². The molecular weight excluding hydrogens is 364 g/mol. The number of benzene rings is 1. The quantitative estimate of drug-likeness (QED) is 0.682. The second-order valence-electron chi connectivity index (χ2n) is 6.60. The zero-order valence-electron chi connectivity index (χ0n) is 15.8. The summed E-state index contributed by atoms with van der Waals surface area (Å²) in [6.07, 6.45) is 0.524. The maximum absolute atomic E-state index is 13.1. The number of nitrogens with zero attached hydrogens (tertiary/aromatic N) is 1. The van der Waals surface area contributed by atoms with Crippen LogP contribution in [0.4, 0.5) is 0 Å². The summed E-state index contributed by atoms with van der Waals surface area (Å²) in [4.78, 5) is 41.1. The Balaban J connectivity index is 2.13. The van der Waals surface area contributed by atoms with Crippen LogP contribution < -0.4 is 11.2 Å². The molecule has 3 rings (SSSR count). The normalized spacial score (nSPS) is 11.1. The van der Waals surface area contributed by atoms with Gasteiger partial charge in [0.25, 0.3) is 5.56 Å². The summed E-state index contributed by atoms with van der Waals surface area (Å²) in [5, 5.41) is 0.526. The van der Waals surface area contributed by atoms with Crippen LogP contribution in [-0.2, 0) is 16.1 Å². The number of nitrogens with one attached hydrogen (secondary N) is 1. The van der Waals surface area contributed by atoms with E-state index in [0.29, 0.717) is 16.6 Å². The number of thiophene rings is 1. The number of fused-ring (bicyclic) bond motifs is 1. The Kier molecular flexibility index (Phi) is 5.32. The highest BCUT2D eigenvalue weighted by Crippen LogP contribution is 2.35. The molecule has 2 heterocycles. The SMILES string of the molecule is COC(=O)CCCn1c(=O)[nH]c2sc(C)c(-c3ccc(C)c(C)c3)c2c1=O. The van der Waals surface area contributed by atoms with Gasteiger partial charge in [0.2, 0.25) is 0 Å². The van der Waals surface area contributed by atoms with Gasteiger partial charge in [-0.05, 0) is 43.9 Å². The molecule has 0 fully saturated rings. The number of aromatic nitrogens is 2. The molecule has 7 heteroatoms. The Morgan fingerprint density at radius 1 is 1.19 bits per heavy atom. The Morgan fingerprint density at radius 3 is 2.59 bits per heavy atom. The van der Waals surface area contributed by atoms with Crippen molar-refractivity contribution in [3.05, 3.63) is 55.0 Å². The first-order valence-corrected chi connectivity index (χ1v) is 9.55. The fourth-order valence-electron chi connectivity index (χ4n) is 3.16. The number of carbonyl (C=O) groups is 1. The molecule has 0 radical (unpaired) electrons. The van der Waals surface area contributed by atoms with E-state index in [9.17, 15) is 14.4 Å². The summed E-state index contributed by atoms with van der Waals surface area (Å²) < 4.78 is 5.78. The first kappa shape index (κ1) is 19.1.